The van der Waals surface area contributed by atoms with Gasteiger partial charge >= 0.3 is 6.09 Å². The second-order valence-electron chi connectivity index (χ2n) is 5.01. The number of amides is 1. The second kappa shape index (κ2) is 3.98. The zero-order chi connectivity index (χ0) is 12.8. The molecule has 2 rings (SSSR count). The van der Waals surface area contributed by atoms with E-state index < -0.39 is 6.09 Å². The molecule has 1 aromatic carbocycles. The monoisotopic (exact) mass is 301 g/mol. The highest BCUT2D eigenvalue weighted by atomic mass is 79.9. The van der Waals surface area contributed by atoms with Crippen molar-refractivity contribution >= 4 is 22.0 Å². The minimum Gasteiger partial charge on any atom is -0.465 e. The maximum atomic E-state index is 13.5. The second-order valence-corrected chi connectivity index (χ2v) is 5.87. The fraction of sp³-hybridized carbons (Fsp3) is 0.417. The van der Waals surface area contributed by atoms with Crippen LogP contribution in [0, 0.1) is 11.2 Å². The van der Waals surface area contributed by atoms with Gasteiger partial charge < -0.3 is 10.4 Å². The number of carbonyl (C=O) groups is 1. The highest BCUT2D eigenvalue weighted by Gasteiger charge is 2.40. The third-order valence-electron chi connectivity index (χ3n) is 3.19. The quantitative estimate of drug-likeness (QED) is 0.834. The lowest BCUT2D eigenvalue weighted by atomic mass is 9.85. The van der Waals surface area contributed by atoms with E-state index in [1.165, 1.54) is 6.07 Å². The Morgan fingerprint density at radius 2 is 2.24 bits per heavy atom. The molecule has 0 saturated heterocycles. The summed E-state index contributed by atoms with van der Waals surface area (Å²) < 4.78 is 13.9. The van der Waals surface area contributed by atoms with E-state index in [1.54, 1.807) is 6.07 Å². The molecule has 0 fully saturated rings. The molecule has 3 nitrogen and oxygen atoms in total. The molecule has 1 aliphatic rings. The summed E-state index contributed by atoms with van der Waals surface area (Å²) in [4.78, 5) is 10.8. The third-order valence-corrected chi connectivity index (χ3v) is 3.80. The van der Waals surface area contributed by atoms with E-state index in [0.717, 1.165) is 17.5 Å². The molecular weight excluding hydrogens is 289 g/mol. The molecule has 5 heteroatoms. The van der Waals surface area contributed by atoms with Crippen molar-refractivity contribution in [2.24, 2.45) is 5.41 Å². The van der Waals surface area contributed by atoms with Crippen LogP contribution in [0.25, 0.3) is 0 Å². The van der Waals surface area contributed by atoms with Crippen LogP contribution in [-0.2, 0) is 6.42 Å². The van der Waals surface area contributed by atoms with Gasteiger partial charge in [0.2, 0.25) is 0 Å². The largest absolute Gasteiger partial charge is 0.465 e. The standard InChI is InChI=1S/C12H13BrFNO2/c1-12(2)5-6-3-8(13)9(14)4-7(6)10(12)15-11(16)17/h3-4,10,15H,5H2,1-2H3,(H,16,17)/t10-/m0/s1. The summed E-state index contributed by atoms with van der Waals surface area (Å²) in [5.41, 5.74) is 1.48. The van der Waals surface area contributed by atoms with Crippen LogP contribution in [0.3, 0.4) is 0 Å². The van der Waals surface area contributed by atoms with E-state index in [1.807, 2.05) is 13.8 Å². The summed E-state index contributed by atoms with van der Waals surface area (Å²) in [6.45, 7) is 3.94. The molecule has 0 spiro atoms. The minimum absolute atomic E-state index is 0.242. The van der Waals surface area contributed by atoms with Crippen LogP contribution < -0.4 is 5.32 Å². The summed E-state index contributed by atoms with van der Waals surface area (Å²) >= 11 is 3.15. The molecule has 0 aromatic heterocycles. The van der Waals surface area contributed by atoms with E-state index in [4.69, 9.17) is 5.11 Å². The van der Waals surface area contributed by atoms with Crippen LogP contribution >= 0.6 is 15.9 Å². The van der Waals surface area contributed by atoms with Crippen molar-refractivity contribution in [3.8, 4) is 0 Å². The maximum absolute atomic E-state index is 13.5. The smallest absolute Gasteiger partial charge is 0.405 e. The number of hydrogen-bond acceptors (Lipinski definition) is 1. The highest BCUT2D eigenvalue weighted by molar-refractivity contribution is 9.10. The number of rotatable bonds is 1. The van der Waals surface area contributed by atoms with Gasteiger partial charge in [0.25, 0.3) is 0 Å². The van der Waals surface area contributed by atoms with Crippen molar-refractivity contribution in [2.75, 3.05) is 0 Å². The third kappa shape index (κ3) is 2.16. The first-order valence-corrected chi connectivity index (χ1v) is 6.08. The zero-order valence-electron chi connectivity index (χ0n) is 9.55. The minimum atomic E-state index is -1.08. The summed E-state index contributed by atoms with van der Waals surface area (Å²) in [5, 5.41) is 11.3. The predicted molar refractivity (Wildman–Crippen MR) is 65.5 cm³/mol. The van der Waals surface area contributed by atoms with Crippen molar-refractivity contribution in [1.82, 2.24) is 5.32 Å². The highest BCUT2D eigenvalue weighted by Crippen LogP contribution is 2.46. The van der Waals surface area contributed by atoms with Gasteiger partial charge in [-0.05, 0) is 51.0 Å². The maximum Gasteiger partial charge on any atom is 0.405 e. The number of hydrogen-bond donors (Lipinski definition) is 2. The van der Waals surface area contributed by atoms with Gasteiger partial charge in [0.05, 0.1) is 10.5 Å². The van der Waals surface area contributed by atoms with Crippen molar-refractivity contribution in [3.05, 3.63) is 33.5 Å². The molecule has 0 radical (unpaired) electrons. The first-order chi connectivity index (χ1) is 7.81. The number of benzene rings is 1. The van der Waals surface area contributed by atoms with Crippen LogP contribution in [0.2, 0.25) is 0 Å². The lowest BCUT2D eigenvalue weighted by molar-refractivity contribution is 0.175. The van der Waals surface area contributed by atoms with Gasteiger partial charge in [-0.25, -0.2) is 9.18 Å². The van der Waals surface area contributed by atoms with Crippen LogP contribution in [0.1, 0.15) is 31.0 Å². The fourth-order valence-corrected chi connectivity index (χ4v) is 2.83. The van der Waals surface area contributed by atoms with Crippen molar-refractivity contribution in [2.45, 2.75) is 26.3 Å². The molecule has 1 atom stereocenters. The van der Waals surface area contributed by atoms with Gasteiger partial charge in [-0.2, -0.15) is 0 Å². The summed E-state index contributed by atoms with van der Waals surface area (Å²) in [6.07, 6.45) is -0.356. The molecule has 1 amide bonds. The van der Waals surface area contributed by atoms with Gasteiger partial charge in [0, 0.05) is 0 Å². The van der Waals surface area contributed by atoms with Crippen molar-refractivity contribution in [1.29, 1.82) is 0 Å². The number of fused-ring (bicyclic) bond motifs is 1. The number of halogens is 2. The first kappa shape index (κ1) is 12.4. The molecule has 0 bridgehead atoms. The Morgan fingerprint density at radius 3 is 2.82 bits per heavy atom. The molecule has 92 valence electrons. The summed E-state index contributed by atoms with van der Waals surface area (Å²) in [6, 6.07) is 2.78. The molecule has 1 aliphatic carbocycles. The Labute approximate surface area is 107 Å². The number of carboxylic acid groups (broad SMARTS) is 1. The molecule has 0 unspecified atom stereocenters. The van der Waals surface area contributed by atoms with Crippen molar-refractivity contribution in [3.63, 3.8) is 0 Å². The van der Waals surface area contributed by atoms with Crippen LogP contribution in [-0.4, -0.2) is 11.2 Å². The average Bonchev–Trinajstić information content (AvgIpc) is 2.40. The Hall–Kier alpha value is -1.10. The van der Waals surface area contributed by atoms with Gasteiger partial charge in [-0.1, -0.05) is 13.8 Å². The summed E-state index contributed by atoms with van der Waals surface area (Å²) in [7, 11) is 0. The van der Waals surface area contributed by atoms with E-state index in [9.17, 15) is 9.18 Å². The van der Waals surface area contributed by atoms with E-state index in [2.05, 4.69) is 21.2 Å². The van der Waals surface area contributed by atoms with Gasteiger partial charge in [-0.3, -0.25) is 0 Å². The number of nitrogens with one attached hydrogen (secondary N) is 1. The van der Waals surface area contributed by atoms with Crippen molar-refractivity contribution < 1.29 is 14.3 Å². The van der Waals surface area contributed by atoms with E-state index >= 15 is 0 Å². The van der Waals surface area contributed by atoms with Gasteiger partial charge in [-0.15, -0.1) is 0 Å². The lowest BCUT2D eigenvalue weighted by Crippen LogP contribution is -2.34. The predicted octanol–water partition coefficient (Wildman–Crippen LogP) is 3.48. The topological polar surface area (TPSA) is 49.3 Å². The van der Waals surface area contributed by atoms with Gasteiger partial charge in [0.1, 0.15) is 5.82 Å². The lowest BCUT2D eigenvalue weighted by Gasteiger charge is -2.27. The molecule has 0 saturated carbocycles. The molecule has 17 heavy (non-hydrogen) atoms. The van der Waals surface area contributed by atoms with E-state index in [0.29, 0.717) is 4.47 Å². The van der Waals surface area contributed by atoms with Crippen LogP contribution in [0.15, 0.2) is 16.6 Å². The molecular formula is C12H13BrFNO2. The van der Waals surface area contributed by atoms with Crippen LogP contribution in [0.4, 0.5) is 9.18 Å². The first-order valence-electron chi connectivity index (χ1n) is 5.28. The Morgan fingerprint density at radius 1 is 1.59 bits per heavy atom. The molecule has 1 aromatic rings. The average molecular weight is 302 g/mol. The fourth-order valence-electron chi connectivity index (χ4n) is 2.44. The molecule has 0 heterocycles. The Bertz CT molecular complexity index is 488. The molecule has 0 aliphatic heterocycles. The molecule has 2 N–H and O–H groups in total. The Kier molecular flexibility index (Phi) is 2.89. The van der Waals surface area contributed by atoms with E-state index in [-0.39, 0.29) is 17.3 Å². The Balaban J connectivity index is 2.48. The SMILES string of the molecule is CC1(C)Cc2cc(Br)c(F)cc2[C@@H]1NC(=O)O. The van der Waals surface area contributed by atoms with Crippen LogP contribution in [0.5, 0.6) is 0 Å². The summed E-state index contributed by atoms with van der Waals surface area (Å²) in [5.74, 6) is -0.362. The normalized spacial score (nSPS) is 21.1. The zero-order valence-corrected chi connectivity index (χ0v) is 11.1. The van der Waals surface area contributed by atoms with Gasteiger partial charge in [0.15, 0.2) is 0 Å².